The van der Waals surface area contributed by atoms with E-state index in [0.29, 0.717) is 5.75 Å². The van der Waals surface area contributed by atoms with Crippen LogP contribution in [0.3, 0.4) is 0 Å². The molecule has 0 saturated carbocycles. The zero-order valence-corrected chi connectivity index (χ0v) is 12.5. The predicted molar refractivity (Wildman–Crippen MR) is 77.7 cm³/mol. The fourth-order valence-electron chi connectivity index (χ4n) is 1.73. The number of benzene rings is 1. The molecule has 0 amide bonds. The summed E-state index contributed by atoms with van der Waals surface area (Å²) in [6, 6.07) is 10.1. The molecule has 0 aliphatic rings. The lowest BCUT2D eigenvalue weighted by molar-refractivity contribution is 0.191. The number of aryl methyl sites for hydroxylation is 1. The molecule has 1 atom stereocenters. The normalized spacial score (nSPS) is 12.6. The van der Waals surface area contributed by atoms with Crippen LogP contribution in [0.1, 0.15) is 18.7 Å². The van der Waals surface area contributed by atoms with Crippen LogP contribution in [-0.4, -0.2) is 20.6 Å². The van der Waals surface area contributed by atoms with E-state index < -0.39 is 6.10 Å². The molecule has 0 spiro atoms. The zero-order chi connectivity index (χ0) is 13.0. The fourth-order valence-corrected chi connectivity index (χ4v) is 3.14. The molecule has 18 heavy (non-hydrogen) atoms. The molecule has 0 saturated heterocycles. The van der Waals surface area contributed by atoms with Crippen LogP contribution in [0.2, 0.25) is 0 Å². The molecule has 0 aliphatic heterocycles. The predicted octanol–water partition coefficient (Wildman–Crippen LogP) is 3.49. The molecule has 2 rings (SSSR count). The summed E-state index contributed by atoms with van der Waals surface area (Å²) in [5.74, 6) is 0.619. The smallest absolute Gasteiger partial charge is 0.106 e. The van der Waals surface area contributed by atoms with Gasteiger partial charge >= 0.3 is 0 Å². The lowest BCUT2D eigenvalue weighted by atomic mass is 10.3. The van der Waals surface area contributed by atoms with Crippen molar-refractivity contribution in [2.75, 3.05) is 5.75 Å². The van der Waals surface area contributed by atoms with Gasteiger partial charge in [0.2, 0.25) is 0 Å². The lowest BCUT2D eigenvalue weighted by Gasteiger charge is -2.13. The first-order valence-corrected chi connectivity index (χ1v) is 7.57. The van der Waals surface area contributed by atoms with Crippen molar-refractivity contribution in [1.82, 2.24) is 9.78 Å². The van der Waals surface area contributed by atoms with Gasteiger partial charge in [-0.1, -0.05) is 18.2 Å². The quantitative estimate of drug-likeness (QED) is 0.855. The summed E-state index contributed by atoms with van der Waals surface area (Å²) in [5.41, 5.74) is 0.848. The highest BCUT2D eigenvalue weighted by Gasteiger charge is 2.17. The van der Waals surface area contributed by atoms with Gasteiger partial charge in [-0.25, -0.2) is 0 Å². The summed E-state index contributed by atoms with van der Waals surface area (Å²) in [6.45, 7) is 2.77. The third-order valence-electron chi connectivity index (χ3n) is 2.60. The number of aliphatic hydroxyl groups excluding tert-OH is 1. The summed E-state index contributed by atoms with van der Waals surface area (Å²) in [4.78, 5) is 1.16. The van der Waals surface area contributed by atoms with E-state index in [2.05, 4.69) is 21.0 Å². The van der Waals surface area contributed by atoms with Crippen LogP contribution >= 0.6 is 27.7 Å². The van der Waals surface area contributed by atoms with E-state index in [9.17, 15) is 5.11 Å². The van der Waals surface area contributed by atoms with Gasteiger partial charge < -0.3 is 5.11 Å². The first-order chi connectivity index (χ1) is 8.72. The van der Waals surface area contributed by atoms with Crippen molar-refractivity contribution in [3.05, 3.63) is 46.7 Å². The van der Waals surface area contributed by atoms with E-state index in [4.69, 9.17) is 0 Å². The maximum Gasteiger partial charge on any atom is 0.106 e. The second-order valence-corrected chi connectivity index (χ2v) is 5.78. The maximum atomic E-state index is 10.3. The standard InChI is InChI=1S/C13H15BrN2OS/c1-2-16-13(11(14)8-15-16)12(17)9-18-10-6-4-3-5-7-10/h3-8,12,17H,2,9H2,1H3. The van der Waals surface area contributed by atoms with E-state index in [1.165, 1.54) is 0 Å². The molecule has 0 aliphatic carbocycles. The summed E-state index contributed by atoms with van der Waals surface area (Å²) in [5, 5.41) is 14.5. The van der Waals surface area contributed by atoms with Gasteiger partial charge in [-0.3, -0.25) is 4.68 Å². The van der Waals surface area contributed by atoms with Crippen molar-refractivity contribution in [3.63, 3.8) is 0 Å². The summed E-state index contributed by atoms with van der Waals surface area (Å²) >= 11 is 5.07. The molecule has 1 heterocycles. The van der Waals surface area contributed by atoms with E-state index in [1.54, 1.807) is 18.0 Å². The highest BCUT2D eigenvalue weighted by molar-refractivity contribution is 9.10. The van der Waals surface area contributed by atoms with Crippen LogP contribution in [0.4, 0.5) is 0 Å². The monoisotopic (exact) mass is 326 g/mol. The Morgan fingerprint density at radius 2 is 2.11 bits per heavy atom. The number of rotatable bonds is 5. The number of nitrogens with zero attached hydrogens (tertiary/aromatic N) is 2. The third-order valence-corrected chi connectivity index (χ3v) is 4.30. The Morgan fingerprint density at radius 1 is 1.39 bits per heavy atom. The molecule has 1 aromatic heterocycles. The third kappa shape index (κ3) is 3.16. The minimum absolute atomic E-state index is 0.521. The van der Waals surface area contributed by atoms with Crippen LogP contribution in [0.5, 0.6) is 0 Å². The molecule has 0 fully saturated rings. The van der Waals surface area contributed by atoms with E-state index in [-0.39, 0.29) is 0 Å². The Labute approximate surface area is 119 Å². The molecule has 0 radical (unpaired) electrons. The van der Waals surface area contributed by atoms with Crippen LogP contribution in [0, 0.1) is 0 Å². The number of hydrogen-bond donors (Lipinski definition) is 1. The highest BCUT2D eigenvalue weighted by atomic mass is 79.9. The first kappa shape index (κ1) is 13.6. The summed E-state index contributed by atoms with van der Waals surface area (Å²) in [6.07, 6.45) is 1.21. The molecule has 1 unspecified atom stereocenters. The van der Waals surface area contributed by atoms with Crippen molar-refractivity contribution < 1.29 is 5.11 Å². The minimum atomic E-state index is -0.521. The van der Waals surface area contributed by atoms with Crippen LogP contribution < -0.4 is 0 Å². The zero-order valence-electron chi connectivity index (χ0n) is 10.1. The van der Waals surface area contributed by atoms with Gasteiger partial charge in [-0.05, 0) is 35.0 Å². The molecular weight excluding hydrogens is 312 g/mol. The molecular formula is C13H15BrN2OS. The van der Waals surface area contributed by atoms with E-state index in [0.717, 1.165) is 21.6 Å². The minimum Gasteiger partial charge on any atom is -0.386 e. The molecule has 1 aromatic carbocycles. The Morgan fingerprint density at radius 3 is 2.78 bits per heavy atom. The summed E-state index contributed by atoms with van der Waals surface area (Å²) in [7, 11) is 0. The highest BCUT2D eigenvalue weighted by Crippen LogP contribution is 2.28. The van der Waals surface area contributed by atoms with Crippen molar-refractivity contribution in [3.8, 4) is 0 Å². The largest absolute Gasteiger partial charge is 0.386 e. The van der Waals surface area contributed by atoms with Crippen molar-refractivity contribution >= 4 is 27.7 Å². The van der Waals surface area contributed by atoms with Crippen molar-refractivity contribution in [2.45, 2.75) is 24.5 Å². The molecule has 5 heteroatoms. The van der Waals surface area contributed by atoms with Crippen LogP contribution in [0.15, 0.2) is 45.9 Å². The number of hydrogen-bond acceptors (Lipinski definition) is 3. The molecule has 1 N–H and O–H groups in total. The summed E-state index contributed by atoms with van der Waals surface area (Å²) < 4.78 is 2.69. The van der Waals surface area contributed by atoms with E-state index >= 15 is 0 Å². The fraction of sp³-hybridized carbons (Fsp3) is 0.308. The van der Waals surface area contributed by atoms with Gasteiger partial charge in [-0.2, -0.15) is 5.10 Å². The van der Waals surface area contributed by atoms with Crippen LogP contribution in [-0.2, 0) is 6.54 Å². The van der Waals surface area contributed by atoms with Gasteiger partial charge in [0, 0.05) is 17.2 Å². The average molecular weight is 327 g/mol. The van der Waals surface area contributed by atoms with Gasteiger partial charge in [0.25, 0.3) is 0 Å². The van der Waals surface area contributed by atoms with Gasteiger partial charge in [-0.15, -0.1) is 11.8 Å². The first-order valence-electron chi connectivity index (χ1n) is 5.79. The Balaban J connectivity index is 2.03. The number of aliphatic hydroxyl groups is 1. The Hall–Kier alpha value is -0.780. The topological polar surface area (TPSA) is 38.0 Å². The lowest BCUT2D eigenvalue weighted by Crippen LogP contribution is -2.10. The molecule has 2 aromatic rings. The Kier molecular flexibility index (Phi) is 4.86. The number of halogens is 1. The van der Waals surface area contributed by atoms with Crippen LogP contribution in [0.25, 0.3) is 0 Å². The SMILES string of the molecule is CCn1ncc(Br)c1C(O)CSc1ccccc1. The Bertz CT molecular complexity index is 501. The van der Waals surface area contributed by atoms with Gasteiger partial charge in [0.1, 0.15) is 6.10 Å². The van der Waals surface area contributed by atoms with Crippen molar-refractivity contribution in [2.24, 2.45) is 0 Å². The van der Waals surface area contributed by atoms with E-state index in [1.807, 2.05) is 41.9 Å². The second kappa shape index (κ2) is 6.41. The number of thioether (sulfide) groups is 1. The molecule has 3 nitrogen and oxygen atoms in total. The maximum absolute atomic E-state index is 10.3. The second-order valence-electron chi connectivity index (χ2n) is 3.83. The molecule has 96 valence electrons. The van der Waals surface area contributed by atoms with Crippen molar-refractivity contribution in [1.29, 1.82) is 0 Å². The van der Waals surface area contributed by atoms with Gasteiger partial charge in [0.15, 0.2) is 0 Å². The van der Waals surface area contributed by atoms with Gasteiger partial charge in [0.05, 0.1) is 16.4 Å². The molecule has 0 bridgehead atoms. The average Bonchev–Trinajstić information content (AvgIpc) is 2.78. The number of aromatic nitrogens is 2.